The van der Waals surface area contributed by atoms with Crippen molar-refractivity contribution in [1.29, 1.82) is 0 Å². The molecule has 6 atom stereocenters. The van der Waals surface area contributed by atoms with Crippen LogP contribution < -0.4 is 0 Å². The van der Waals surface area contributed by atoms with Gasteiger partial charge < -0.3 is 29.2 Å². The van der Waals surface area contributed by atoms with Gasteiger partial charge in [0.05, 0.1) is 49.4 Å². The van der Waals surface area contributed by atoms with Gasteiger partial charge in [-0.05, 0) is 115 Å². The van der Waals surface area contributed by atoms with Crippen molar-refractivity contribution < 1.29 is 48.3 Å². The summed E-state index contributed by atoms with van der Waals surface area (Å²) in [4.78, 5) is 47.5. The quantitative estimate of drug-likeness (QED) is 0.206. The highest BCUT2D eigenvalue weighted by molar-refractivity contribution is 5.89. The lowest BCUT2D eigenvalue weighted by Gasteiger charge is -2.39. The van der Waals surface area contributed by atoms with Crippen LogP contribution in [-0.4, -0.2) is 70.7 Å². The molecule has 0 saturated heterocycles. The summed E-state index contributed by atoms with van der Waals surface area (Å²) in [5.41, 5.74) is -0.0763. The van der Waals surface area contributed by atoms with Crippen LogP contribution in [0.4, 0.5) is 0 Å². The molecule has 0 radical (unpaired) electrons. The Hall–Kier alpha value is -3.76. The van der Waals surface area contributed by atoms with Gasteiger partial charge in [0.1, 0.15) is 11.2 Å². The van der Waals surface area contributed by atoms with Gasteiger partial charge >= 0.3 is 23.9 Å². The highest BCUT2D eigenvalue weighted by Gasteiger charge is 2.39. The largest absolute Gasteiger partial charge is 0.462 e. The van der Waals surface area contributed by atoms with E-state index in [1.54, 1.807) is 90.1 Å². The minimum absolute atomic E-state index is 0.0227. The molecule has 48 heavy (non-hydrogen) atoms. The van der Waals surface area contributed by atoms with E-state index in [-0.39, 0.29) is 61.7 Å². The number of aliphatic hydroxyl groups excluding tert-OH is 2. The number of hydrogen-bond donors (Lipinski definition) is 2. The third-order valence-corrected chi connectivity index (χ3v) is 8.41. The third-order valence-electron chi connectivity index (χ3n) is 8.41. The van der Waals surface area contributed by atoms with Crippen molar-refractivity contribution in [3.8, 4) is 0 Å². The summed E-state index contributed by atoms with van der Waals surface area (Å²) < 4.78 is 21.1. The Bertz CT molecular complexity index is 1230. The van der Waals surface area contributed by atoms with Crippen molar-refractivity contribution in [1.82, 2.24) is 0 Å². The summed E-state index contributed by atoms with van der Waals surface area (Å²) in [7, 11) is 0. The number of aliphatic hydroxyl groups is 2. The second-order valence-corrected chi connectivity index (χ2v) is 14.6. The Kier molecular flexibility index (Phi) is 14.2. The molecule has 2 N–H and O–H groups in total. The molecule has 4 rings (SSSR count). The van der Waals surface area contributed by atoms with Gasteiger partial charge in [-0.1, -0.05) is 36.4 Å². The minimum atomic E-state index is -0.756. The molecule has 0 amide bonds. The fraction of sp³-hybridized carbons (Fsp3) is 0.579. The van der Waals surface area contributed by atoms with Crippen LogP contribution in [0, 0.1) is 23.7 Å². The molecule has 10 heteroatoms. The van der Waals surface area contributed by atoms with Crippen molar-refractivity contribution >= 4 is 23.9 Å². The normalized spacial score (nSPS) is 21.5. The van der Waals surface area contributed by atoms with Crippen molar-refractivity contribution in [3.63, 3.8) is 0 Å². The lowest BCUT2D eigenvalue weighted by Crippen LogP contribution is -2.40. The van der Waals surface area contributed by atoms with Gasteiger partial charge in [-0.15, -0.1) is 0 Å². The second kappa shape index (κ2) is 17.6. The first-order chi connectivity index (χ1) is 22.5. The van der Waals surface area contributed by atoms with Crippen LogP contribution in [0.1, 0.15) is 101 Å². The van der Waals surface area contributed by atoms with E-state index >= 15 is 0 Å². The smallest absolute Gasteiger partial charge is 0.338 e. The van der Waals surface area contributed by atoms with E-state index < -0.39 is 35.3 Å². The van der Waals surface area contributed by atoms with Crippen molar-refractivity contribution in [2.45, 2.75) is 103 Å². The zero-order chi connectivity index (χ0) is 35.5. The molecule has 0 unspecified atom stereocenters. The maximum absolute atomic E-state index is 11.9. The Morgan fingerprint density at radius 1 is 0.604 bits per heavy atom. The summed E-state index contributed by atoms with van der Waals surface area (Å²) >= 11 is 0. The molecule has 2 aromatic carbocycles. The molecule has 264 valence electrons. The summed E-state index contributed by atoms with van der Waals surface area (Å²) in [5.74, 6) is -1.39. The molecule has 0 aromatic heterocycles. The fourth-order valence-corrected chi connectivity index (χ4v) is 5.71. The maximum atomic E-state index is 11.9. The number of rotatable bonds is 12. The predicted molar refractivity (Wildman–Crippen MR) is 179 cm³/mol. The number of hydrogen-bond acceptors (Lipinski definition) is 10. The van der Waals surface area contributed by atoms with E-state index in [1.807, 2.05) is 12.1 Å². The van der Waals surface area contributed by atoms with E-state index in [4.69, 9.17) is 18.9 Å². The average Bonchev–Trinajstić information content (AvgIpc) is 2.95. The van der Waals surface area contributed by atoms with Crippen LogP contribution in [0.25, 0.3) is 0 Å². The van der Waals surface area contributed by atoms with Crippen LogP contribution in [-0.2, 0) is 28.5 Å². The fourth-order valence-electron chi connectivity index (χ4n) is 5.71. The number of carbonyl (C=O) groups excluding carboxylic acids is 4. The molecule has 2 saturated carbocycles. The average molecular weight is 669 g/mol. The van der Waals surface area contributed by atoms with Gasteiger partial charge in [0.25, 0.3) is 0 Å². The van der Waals surface area contributed by atoms with Gasteiger partial charge in [0, 0.05) is 0 Å². The van der Waals surface area contributed by atoms with E-state index in [0.29, 0.717) is 11.1 Å². The van der Waals surface area contributed by atoms with Crippen molar-refractivity contribution in [3.05, 3.63) is 71.8 Å². The Morgan fingerprint density at radius 3 is 1.21 bits per heavy atom. The first kappa shape index (κ1) is 38.7. The zero-order valence-corrected chi connectivity index (χ0v) is 29.1. The van der Waals surface area contributed by atoms with Gasteiger partial charge in [-0.3, -0.25) is 9.59 Å². The molecule has 0 spiro atoms. The van der Waals surface area contributed by atoms with Crippen LogP contribution in [0.15, 0.2) is 60.7 Å². The topological polar surface area (TPSA) is 146 Å². The minimum Gasteiger partial charge on any atom is -0.462 e. The molecular weight excluding hydrogens is 616 g/mol. The van der Waals surface area contributed by atoms with Crippen LogP contribution in [0.3, 0.4) is 0 Å². The van der Waals surface area contributed by atoms with Gasteiger partial charge in [-0.2, -0.15) is 0 Å². The highest BCUT2D eigenvalue weighted by Crippen LogP contribution is 2.39. The van der Waals surface area contributed by atoms with Crippen molar-refractivity contribution in [2.75, 3.05) is 13.2 Å². The molecular formula is C38H52O10. The number of ether oxygens (including phenoxy) is 4. The van der Waals surface area contributed by atoms with Crippen LogP contribution in [0.2, 0.25) is 0 Å². The van der Waals surface area contributed by atoms with Gasteiger partial charge in [-0.25, -0.2) is 9.59 Å². The summed E-state index contributed by atoms with van der Waals surface area (Å²) in [6, 6.07) is 17.6. The molecule has 2 aromatic rings. The Morgan fingerprint density at radius 2 is 0.938 bits per heavy atom. The third kappa shape index (κ3) is 13.0. The van der Waals surface area contributed by atoms with Crippen LogP contribution >= 0.6 is 0 Å². The predicted octanol–water partition coefficient (Wildman–Crippen LogP) is 5.92. The van der Waals surface area contributed by atoms with Crippen LogP contribution in [0.5, 0.6) is 0 Å². The Balaban J connectivity index is 0.000000260. The molecule has 0 heterocycles. The standard InChI is InChI=1S/2C19H26O5/c2*1-19(2,3)24-17(21)11-16(20)15-10-9-14(15)12-23-18(22)13-7-5-4-6-8-13/h2*4-8,14-16,20H,9-12H2,1-3H3/t14-,15+,16+;14-,15+,16-/m00/s1. The highest BCUT2D eigenvalue weighted by atomic mass is 16.6. The molecule has 2 aliphatic carbocycles. The van der Waals surface area contributed by atoms with E-state index in [2.05, 4.69) is 0 Å². The zero-order valence-electron chi connectivity index (χ0n) is 29.1. The first-order valence-corrected chi connectivity index (χ1v) is 16.8. The molecule has 2 fully saturated rings. The SMILES string of the molecule is CC(C)(C)OC(=O)C[C@@H](O)[C@@H]1CC[C@H]1COC(=O)c1ccccc1.CC(C)(C)OC(=O)C[C@H](O)[C@@H]1CC[C@H]1COC(=O)c1ccccc1. The summed E-state index contributed by atoms with van der Waals surface area (Å²) in [6.45, 7) is 11.3. The molecule has 0 aliphatic heterocycles. The first-order valence-electron chi connectivity index (χ1n) is 16.8. The van der Waals surface area contributed by atoms with E-state index in [9.17, 15) is 29.4 Å². The van der Waals surface area contributed by atoms with E-state index in [0.717, 1.165) is 25.7 Å². The van der Waals surface area contributed by atoms with Gasteiger partial charge in [0.15, 0.2) is 0 Å². The molecule has 0 bridgehead atoms. The van der Waals surface area contributed by atoms with Crippen molar-refractivity contribution in [2.24, 2.45) is 23.7 Å². The van der Waals surface area contributed by atoms with Gasteiger partial charge in [0.2, 0.25) is 0 Å². The lowest BCUT2D eigenvalue weighted by molar-refractivity contribution is -0.160. The monoisotopic (exact) mass is 668 g/mol. The number of esters is 4. The summed E-state index contributed by atoms with van der Waals surface area (Å²) in [6.07, 6.45) is 1.88. The lowest BCUT2D eigenvalue weighted by atomic mass is 9.70. The second-order valence-electron chi connectivity index (χ2n) is 14.6. The van der Waals surface area contributed by atoms with E-state index in [1.165, 1.54) is 0 Å². The summed E-state index contributed by atoms with van der Waals surface area (Å²) in [5, 5.41) is 20.5. The molecule has 2 aliphatic rings. The Labute approximate surface area is 284 Å². The number of carbonyl (C=O) groups is 4. The maximum Gasteiger partial charge on any atom is 0.338 e. The molecule has 10 nitrogen and oxygen atoms in total. The number of benzene rings is 2.